The largest absolute Gasteiger partial charge is 0.458 e. The Morgan fingerprint density at radius 1 is 1.45 bits per heavy atom. The molecule has 4 heteroatoms. The third-order valence-corrected chi connectivity index (χ3v) is 4.27. The summed E-state index contributed by atoms with van der Waals surface area (Å²) in [5.74, 6) is 0.0256. The smallest absolute Gasteiger partial charge is 0.312 e. The van der Waals surface area contributed by atoms with Crippen molar-refractivity contribution in [2.75, 3.05) is 0 Å². The number of esters is 1. The van der Waals surface area contributed by atoms with E-state index in [9.17, 15) is 4.79 Å². The van der Waals surface area contributed by atoms with Crippen LogP contribution in [-0.4, -0.2) is 28.2 Å². The molecule has 0 aromatic heterocycles. The summed E-state index contributed by atoms with van der Waals surface area (Å²) >= 11 is 2.32. The van der Waals surface area contributed by atoms with Crippen LogP contribution in [0, 0.1) is 5.92 Å². The quantitative estimate of drug-likeness (QED) is 0.364. The fraction of sp³-hybridized carbons (Fsp3) is 0.857. The molecule has 3 saturated heterocycles. The first kappa shape index (κ1) is 6.65. The Labute approximate surface area is 77.6 Å². The number of alkyl halides is 1. The van der Waals surface area contributed by atoms with E-state index >= 15 is 0 Å². The van der Waals surface area contributed by atoms with Gasteiger partial charge in [0.25, 0.3) is 0 Å². The Hall–Kier alpha value is 0.160. The van der Waals surface area contributed by atoms with E-state index in [0.29, 0.717) is 3.92 Å². The van der Waals surface area contributed by atoms with Crippen LogP contribution in [0.1, 0.15) is 6.42 Å². The number of rotatable bonds is 0. The number of carbonyl (C=O) groups excluding carboxylic acids is 1. The summed E-state index contributed by atoms with van der Waals surface area (Å²) in [5, 5.41) is 0. The first-order valence-electron chi connectivity index (χ1n) is 3.77. The van der Waals surface area contributed by atoms with Crippen LogP contribution < -0.4 is 0 Å². The molecule has 3 rings (SSSR count). The SMILES string of the molecule is O=C1O[C@@H]2[C@H](I)[C@H]3C[C@@H]1[C@@H]2O3. The van der Waals surface area contributed by atoms with Crippen molar-refractivity contribution in [1.29, 1.82) is 0 Å². The second kappa shape index (κ2) is 1.90. The molecular formula is C7H7IO3. The Balaban J connectivity index is 2.04. The summed E-state index contributed by atoms with van der Waals surface area (Å²) < 4.78 is 11.2. The first-order valence-corrected chi connectivity index (χ1v) is 5.02. The normalized spacial score (nSPS) is 58.6. The zero-order chi connectivity index (χ0) is 7.59. The predicted molar refractivity (Wildman–Crippen MR) is 44.5 cm³/mol. The summed E-state index contributed by atoms with van der Waals surface area (Å²) in [4.78, 5) is 11.1. The van der Waals surface area contributed by atoms with Crippen LogP contribution in [0.4, 0.5) is 0 Å². The molecule has 3 fully saturated rings. The second-order valence-corrected chi connectivity index (χ2v) is 4.77. The maximum absolute atomic E-state index is 11.1. The van der Waals surface area contributed by atoms with E-state index in [1.807, 2.05) is 0 Å². The van der Waals surface area contributed by atoms with E-state index in [1.54, 1.807) is 0 Å². The van der Waals surface area contributed by atoms with Crippen molar-refractivity contribution >= 4 is 28.6 Å². The van der Waals surface area contributed by atoms with E-state index in [2.05, 4.69) is 22.6 Å². The predicted octanol–water partition coefficient (Wildman–Crippen LogP) is 0.503. The molecule has 3 nitrogen and oxygen atoms in total. The Morgan fingerprint density at radius 3 is 2.91 bits per heavy atom. The second-order valence-electron chi connectivity index (χ2n) is 3.33. The van der Waals surface area contributed by atoms with Crippen molar-refractivity contribution in [3.8, 4) is 0 Å². The van der Waals surface area contributed by atoms with Crippen molar-refractivity contribution in [1.82, 2.24) is 0 Å². The van der Waals surface area contributed by atoms with Crippen LogP contribution >= 0.6 is 22.6 Å². The van der Waals surface area contributed by atoms with Crippen molar-refractivity contribution in [3.63, 3.8) is 0 Å². The van der Waals surface area contributed by atoms with Crippen LogP contribution in [0.2, 0.25) is 0 Å². The number of hydrogen-bond acceptors (Lipinski definition) is 3. The van der Waals surface area contributed by atoms with Crippen LogP contribution in [0.15, 0.2) is 0 Å². The fourth-order valence-electron chi connectivity index (χ4n) is 2.22. The fourth-order valence-corrected chi connectivity index (χ4v) is 3.24. The zero-order valence-corrected chi connectivity index (χ0v) is 7.85. The molecule has 0 amide bonds. The van der Waals surface area contributed by atoms with Gasteiger partial charge in [-0.3, -0.25) is 4.79 Å². The zero-order valence-electron chi connectivity index (χ0n) is 5.70. The van der Waals surface area contributed by atoms with E-state index in [1.165, 1.54) is 0 Å². The Kier molecular flexibility index (Phi) is 1.15. The highest BCUT2D eigenvalue weighted by molar-refractivity contribution is 14.1. The minimum Gasteiger partial charge on any atom is -0.458 e. The number of ether oxygens (including phenoxy) is 2. The van der Waals surface area contributed by atoms with Crippen LogP contribution in [0.3, 0.4) is 0 Å². The summed E-state index contributed by atoms with van der Waals surface area (Å²) in [6.45, 7) is 0. The lowest BCUT2D eigenvalue weighted by Gasteiger charge is -2.14. The molecule has 3 aliphatic rings. The van der Waals surface area contributed by atoms with Gasteiger partial charge in [-0.2, -0.15) is 0 Å². The third-order valence-electron chi connectivity index (χ3n) is 2.76. The standard InChI is InChI=1S/C7H7IO3/c8-4-3-1-2-5(10-3)6(4)11-7(2)9/h2-6H,1H2/t2-,3-,4-,5+,6-/m1/s1. The molecule has 60 valence electrons. The molecule has 5 atom stereocenters. The Bertz CT molecular complexity index is 230. The Morgan fingerprint density at radius 2 is 2.27 bits per heavy atom. The van der Waals surface area contributed by atoms with Crippen LogP contribution in [-0.2, 0) is 14.3 Å². The van der Waals surface area contributed by atoms with E-state index < -0.39 is 0 Å². The lowest BCUT2D eigenvalue weighted by molar-refractivity contribution is -0.143. The van der Waals surface area contributed by atoms with Gasteiger partial charge in [-0.25, -0.2) is 0 Å². The summed E-state index contributed by atoms with van der Waals surface area (Å²) in [5.41, 5.74) is 0. The maximum Gasteiger partial charge on any atom is 0.312 e. The molecule has 0 aromatic rings. The average Bonchev–Trinajstić information content (AvgIpc) is 2.53. The topological polar surface area (TPSA) is 35.5 Å². The molecule has 11 heavy (non-hydrogen) atoms. The molecule has 3 heterocycles. The van der Waals surface area contributed by atoms with Gasteiger partial charge < -0.3 is 9.47 Å². The molecule has 2 bridgehead atoms. The molecule has 0 N–H and O–H groups in total. The highest BCUT2D eigenvalue weighted by Gasteiger charge is 2.62. The van der Waals surface area contributed by atoms with Gasteiger partial charge in [0.05, 0.1) is 15.9 Å². The van der Waals surface area contributed by atoms with Gasteiger partial charge in [0.1, 0.15) is 12.2 Å². The van der Waals surface area contributed by atoms with Gasteiger partial charge in [0, 0.05) is 0 Å². The van der Waals surface area contributed by atoms with Crippen LogP contribution in [0.25, 0.3) is 0 Å². The van der Waals surface area contributed by atoms with Gasteiger partial charge in [0.15, 0.2) is 0 Å². The van der Waals surface area contributed by atoms with E-state index in [0.717, 1.165) is 6.42 Å². The van der Waals surface area contributed by atoms with Crippen molar-refractivity contribution < 1.29 is 14.3 Å². The lowest BCUT2D eigenvalue weighted by Crippen LogP contribution is -2.31. The molecule has 0 saturated carbocycles. The number of fused-ring (bicyclic) bond motifs is 1. The maximum atomic E-state index is 11.1. The minimum absolute atomic E-state index is 0.0401. The number of hydrogen-bond donors (Lipinski definition) is 0. The van der Waals surface area contributed by atoms with Gasteiger partial charge >= 0.3 is 5.97 Å². The van der Waals surface area contributed by atoms with Crippen molar-refractivity contribution in [2.45, 2.75) is 28.7 Å². The molecule has 0 aliphatic carbocycles. The van der Waals surface area contributed by atoms with Gasteiger partial charge in [-0.15, -0.1) is 0 Å². The van der Waals surface area contributed by atoms with Gasteiger partial charge in [0.2, 0.25) is 0 Å². The van der Waals surface area contributed by atoms with Crippen molar-refractivity contribution in [3.05, 3.63) is 0 Å². The monoisotopic (exact) mass is 266 g/mol. The summed E-state index contributed by atoms with van der Waals surface area (Å²) in [7, 11) is 0. The molecule has 3 aliphatic heterocycles. The van der Waals surface area contributed by atoms with Gasteiger partial charge in [-0.05, 0) is 6.42 Å². The van der Waals surface area contributed by atoms with Crippen molar-refractivity contribution in [2.24, 2.45) is 5.92 Å². The summed E-state index contributed by atoms with van der Waals surface area (Å²) in [6.07, 6.45) is 1.32. The van der Waals surface area contributed by atoms with E-state index in [4.69, 9.17) is 9.47 Å². The highest BCUT2D eigenvalue weighted by Crippen LogP contribution is 2.48. The van der Waals surface area contributed by atoms with Crippen LogP contribution in [0.5, 0.6) is 0 Å². The molecule has 0 aromatic carbocycles. The first-order chi connectivity index (χ1) is 5.27. The van der Waals surface area contributed by atoms with E-state index in [-0.39, 0.29) is 30.2 Å². The molecular weight excluding hydrogens is 259 g/mol. The number of carbonyl (C=O) groups is 1. The summed E-state index contributed by atoms with van der Waals surface area (Å²) in [6, 6.07) is 0. The molecule has 0 radical (unpaired) electrons. The number of halogens is 1. The average molecular weight is 266 g/mol. The third kappa shape index (κ3) is 0.654. The lowest BCUT2D eigenvalue weighted by atomic mass is 9.90. The minimum atomic E-state index is -0.0401. The molecule has 0 unspecified atom stereocenters. The van der Waals surface area contributed by atoms with Gasteiger partial charge in [-0.1, -0.05) is 22.6 Å². The molecule has 0 spiro atoms. The highest BCUT2D eigenvalue weighted by atomic mass is 127.